The van der Waals surface area contributed by atoms with Gasteiger partial charge in [-0.25, -0.2) is 9.97 Å². The molecule has 0 N–H and O–H groups in total. The lowest BCUT2D eigenvalue weighted by molar-refractivity contribution is 0.220. The van der Waals surface area contributed by atoms with E-state index in [9.17, 15) is 0 Å². The molecule has 0 radical (unpaired) electrons. The molecule has 1 aromatic carbocycles. The summed E-state index contributed by atoms with van der Waals surface area (Å²) in [5.74, 6) is 0.881. The summed E-state index contributed by atoms with van der Waals surface area (Å²) in [6.45, 7) is 6.15. The predicted octanol–water partition coefficient (Wildman–Crippen LogP) is 3.60. The van der Waals surface area contributed by atoms with Crippen molar-refractivity contribution in [2.24, 2.45) is 0 Å². The maximum atomic E-state index is 6.08. The molecule has 22 heavy (non-hydrogen) atoms. The van der Waals surface area contributed by atoms with Gasteiger partial charge in [-0.05, 0) is 28.4 Å². The van der Waals surface area contributed by atoms with Crippen LogP contribution in [-0.2, 0) is 6.54 Å². The molecule has 116 valence electrons. The zero-order chi connectivity index (χ0) is 15.5. The minimum Gasteiger partial charge on any atom is -0.350 e. The van der Waals surface area contributed by atoms with Crippen LogP contribution in [0.2, 0.25) is 5.15 Å². The van der Waals surface area contributed by atoms with Crippen LogP contribution >= 0.6 is 27.5 Å². The van der Waals surface area contributed by atoms with Gasteiger partial charge in [0.05, 0.1) is 4.47 Å². The summed E-state index contributed by atoms with van der Waals surface area (Å²) in [6, 6.07) is 11.0. The first-order valence-corrected chi connectivity index (χ1v) is 8.51. The third kappa shape index (κ3) is 3.42. The van der Waals surface area contributed by atoms with E-state index in [1.54, 1.807) is 0 Å². The highest BCUT2D eigenvalue weighted by Crippen LogP contribution is 2.31. The Morgan fingerprint density at radius 1 is 1.23 bits per heavy atom. The first-order chi connectivity index (χ1) is 10.6. The van der Waals surface area contributed by atoms with Crippen LogP contribution in [0.5, 0.6) is 0 Å². The van der Waals surface area contributed by atoms with E-state index in [0.29, 0.717) is 11.2 Å². The average molecular weight is 382 g/mol. The molecule has 1 aliphatic rings. The second-order valence-corrected chi connectivity index (χ2v) is 6.72. The third-order valence-corrected chi connectivity index (χ3v) is 5.21. The molecular weight excluding hydrogens is 364 g/mol. The Labute approximate surface area is 144 Å². The van der Waals surface area contributed by atoms with Crippen LogP contribution < -0.4 is 4.90 Å². The van der Waals surface area contributed by atoms with Gasteiger partial charge in [-0.1, -0.05) is 41.9 Å². The van der Waals surface area contributed by atoms with Crippen LogP contribution in [0.15, 0.2) is 41.1 Å². The molecule has 2 heterocycles. The fourth-order valence-electron chi connectivity index (χ4n) is 2.87. The molecule has 1 unspecified atom stereocenters. The Morgan fingerprint density at radius 3 is 2.73 bits per heavy atom. The molecule has 0 spiro atoms. The van der Waals surface area contributed by atoms with E-state index >= 15 is 0 Å². The first kappa shape index (κ1) is 15.7. The van der Waals surface area contributed by atoms with Gasteiger partial charge in [0.25, 0.3) is 0 Å². The predicted molar refractivity (Wildman–Crippen MR) is 93.3 cm³/mol. The molecular formula is C16H18BrClN4. The van der Waals surface area contributed by atoms with Crippen LogP contribution in [0, 0.1) is 0 Å². The first-order valence-electron chi connectivity index (χ1n) is 7.34. The molecule has 1 atom stereocenters. The topological polar surface area (TPSA) is 32.3 Å². The highest BCUT2D eigenvalue weighted by atomic mass is 79.9. The van der Waals surface area contributed by atoms with Gasteiger partial charge in [-0.3, -0.25) is 4.90 Å². The van der Waals surface area contributed by atoms with Crippen LogP contribution in [0.3, 0.4) is 0 Å². The number of benzene rings is 1. The van der Waals surface area contributed by atoms with Gasteiger partial charge in [0.2, 0.25) is 0 Å². The Balaban J connectivity index is 1.69. The third-order valence-electron chi connectivity index (χ3n) is 3.96. The molecule has 6 heteroatoms. The number of halogens is 2. The van der Waals surface area contributed by atoms with Crippen LogP contribution in [0.1, 0.15) is 12.5 Å². The number of anilines is 1. The van der Waals surface area contributed by atoms with E-state index in [1.807, 2.05) is 0 Å². The molecule has 3 rings (SSSR count). The van der Waals surface area contributed by atoms with Crippen molar-refractivity contribution >= 4 is 33.3 Å². The fourth-order valence-corrected chi connectivity index (χ4v) is 3.43. The van der Waals surface area contributed by atoms with Gasteiger partial charge < -0.3 is 4.90 Å². The van der Waals surface area contributed by atoms with Crippen LogP contribution in [-0.4, -0.2) is 40.5 Å². The summed E-state index contributed by atoms with van der Waals surface area (Å²) in [5, 5.41) is 0.462. The molecule has 1 fully saturated rings. The van der Waals surface area contributed by atoms with Crippen LogP contribution in [0.4, 0.5) is 5.82 Å². The molecule has 0 saturated carbocycles. The van der Waals surface area contributed by atoms with E-state index in [0.717, 1.165) is 36.5 Å². The molecule has 1 saturated heterocycles. The zero-order valence-corrected chi connectivity index (χ0v) is 14.8. The van der Waals surface area contributed by atoms with Gasteiger partial charge in [0, 0.05) is 32.2 Å². The van der Waals surface area contributed by atoms with Crippen LogP contribution in [0.25, 0.3) is 0 Å². The minimum absolute atomic E-state index is 0.375. The largest absolute Gasteiger partial charge is 0.350 e. The highest BCUT2D eigenvalue weighted by Gasteiger charge is 2.26. The Morgan fingerprint density at radius 2 is 2.00 bits per heavy atom. The molecule has 0 bridgehead atoms. The summed E-state index contributed by atoms with van der Waals surface area (Å²) >= 11 is 9.58. The SMILES string of the molecule is CC1CN(Cc2ccccc2)CCN1c1ncnc(Cl)c1Br. The van der Waals surface area contributed by atoms with E-state index in [-0.39, 0.29) is 0 Å². The average Bonchev–Trinajstić information content (AvgIpc) is 2.52. The van der Waals surface area contributed by atoms with Crippen molar-refractivity contribution in [1.29, 1.82) is 0 Å². The summed E-state index contributed by atoms with van der Waals surface area (Å²) in [4.78, 5) is 13.2. The Kier molecular flexibility index (Phi) is 4.96. The molecule has 2 aromatic rings. The molecule has 1 aliphatic heterocycles. The molecule has 0 aliphatic carbocycles. The normalized spacial score (nSPS) is 19.4. The monoisotopic (exact) mass is 380 g/mol. The maximum Gasteiger partial charge on any atom is 0.148 e. The van der Waals surface area contributed by atoms with Crippen molar-refractivity contribution in [3.63, 3.8) is 0 Å². The van der Waals surface area contributed by atoms with E-state index < -0.39 is 0 Å². The number of hydrogen-bond donors (Lipinski definition) is 0. The quantitative estimate of drug-likeness (QED) is 0.760. The number of hydrogen-bond acceptors (Lipinski definition) is 4. The van der Waals surface area contributed by atoms with Crippen molar-refractivity contribution in [1.82, 2.24) is 14.9 Å². The second-order valence-electron chi connectivity index (χ2n) is 5.57. The van der Waals surface area contributed by atoms with Gasteiger partial charge >= 0.3 is 0 Å². The second kappa shape index (κ2) is 6.94. The summed E-state index contributed by atoms with van der Waals surface area (Å²) in [7, 11) is 0. The van der Waals surface area contributed by atoms with E-state index in [1.165, 1.54) is 11.9 Å². The van der Waals surface area contributed by atoms with Gasteiger partial charge in [0.1, 0.15) is 17.3 Å². The Hall–Kier alpha value is -1.17. The van der Waals surface area contributed by atoms with E-state index in [4.69, 9.17) is 11.6 Å². The smallest absolute Gasteiger partial charge is 0.148 e. The highest BCUT2D eigenvalue weighted by molar-refractivity contribution is 9.10. The summed E-state index contributed by atoms with van der Waals surface area (Å²) < 4.78 is 0.778. The van der Waals surface area contributed by atoms with Crippen molar-refractivity contribution in [3.8, 4) is 0 Å². The van der Waals surface area contributed by atoms with Crippen molar-refractivity contribution in [2.45, 2.75) is 19.5 Å². The zero-order valence-electron chi connectivity index (χ0n) is 12.4. The van der Waals surface area contributed by atoms with Gasteiger partial charge in [0.15, 0.2) is 0 Å². The van der Waals surface area contributed by atoms with Crippen molar-refractivity contribution in [2.75, 3.05) is 24.5 Å². The van der Waals surface area contributed by atoms with Gasteiger partial charge in [-0.2, -0.15) is 0 Å². The van der Waals surface area contributed by atoms with E-state index in [2.05, 4.69) is 73.0 Å². The van der Waals surface area contributed by atoms with Crippen molar-refractivity contribution in [3.05, 3.63) is 51.8 Å². The lowest BCUT2D eigenvalue weighted by atomic mass is 10.1. The summed E-state index contributed by atoms with van der Waals surface area (Å²) in [5.41, 5.74) is 1.36. The molecule has 1 aromatic heterocycles. The molecule has 4 nitrogen and oxygen atoms in total. The maximum absolute atomic E-state index is 6.08. The number of piperazine rings is 1. The van der Waals surface area contributed by atoms with Gasteiger partial charge in [-0.15, -0.1) is 0 Å². The fraction of sp³-hybridized carbons (Fsp3) is 0.375. The number of aromatic nitrogens is 2. The minimum atomic E-state index is 0.375. The molecule has 0 amide bonds. The standard InChI is InChI=1S/C16H18BrClN4/c1-12-9-21(10-13-5-3-2-4-6-13)7-8-22(12)16-14(17)15(18)19-11-20-16/h2-6,11-12H,7-10H2,1H3. The lowest BCUT2D eigenvalue weighted by Gasteiger charge is -2.40. The Bertz CT molecular complexity index is 637. The summed E-state index contributed by atoms with van der Waals surface area (Å²) in [6.07, 6.45) is 1.52. The lowest BCUT2D eigenvalue weighted by Crippen LogP contribution is -2.52. The number of rotatable bonds is 3. The van der Waals surface area contributed by atoms with Crippen molar-refractivity contribution < 1.29 is 0 Å². The number of nitrogens with zero attached hydrogens (tertiary/aromatic N) is 4.